The van der Waals surface area contributed by atoms with Crippen molar-refractivity contribution in [1.82, 2.24) is 10.2 Å². The summed E-state index contributed by atoms with van der Waals surface area (Å²) in [4.78, 5) is 26.5. The molecule has 156 valence electrons. The smallest absolute Gasteiger partial charge is 0.303 e. The van der Waals surface area contributed by atoms with Crippen molar-refractivity contribution in [3.05, 3.63) is 35.9 Å². The van der Waals surface area contributed by atoms with Crippen LogP contribution in [0.1, 0.15) is 46.1 Å². The van der Waals surface area contributed by atoms with E-state index in [0.717, 1.165) is 18.7 Å². The Kier molecular flexibility index (Phi) is 8.45. The SMILES string of the molecule is CC1CN(C(C(=O)NC(CCC(=O)O)Cc2ccccc2)C(C)C)CC(C)O1. The van der Waals surface area contributed by atoms with Crippen LogP contribution < -0.4 is 5.32 Å². The molecule has 1 fully saturated rings. The number of hydrogen-bond acceptors (Lipinski definition) is 4. The van der Waals surface area contributed by atoms with Crippen molar-refractivity contribution >= 4 is 11.9 Å². The Balaban J connectivity index is 2.10. The average molecular weight is 391 g/mol. The lowest BCUT2D eigenvalue weighted by Gasteiger charge is -2.41. The zero-order chi connectivity index (χ0) is 20.7. The van der Waals surface area contributed by atoms with Crippen molar-refractivity contribution in [1.29, 1.82) is 0 Å². The Morgan fingerprint density at radius 2 is 1.79 bits per heavy atom. The molecule has 0 saturated carbocycles. The normalized spacial score (nSPS) is 22.6. The fraction of sp³-hybridized carbons (Fsp3) is 0.636. The van der Waals surface area contributed by atoms with Crippen LogP contribution in [0.2, 0.25) is 0 Å². The summed E-state index contributed by atoms with van der Waals surface area (Å²) in [5, 5.41) is 12.2. The third kappa shape index (κ3) is 6.91. The van der Waals surface area contributed by atoms with E-state index in [1.165, 1.54) is 0 Å². The van der Waals surface area contributed by atoms with Gasteiger partial charge >= 0.3 is 5.97 Å². The molecule has 6 nitrogen and oxygen atoms in total. The Labute approximate surface area is 168 Å². The number of aliphatic carboxylic acids is 1. The van der Waals surface area contributed by atoms with Gasteiger partial charge < -0.3 is 15.2 Å². The first-order valence-corrected chi connectivity index (χ1v) is 10.2. The second kappa shape index (κ2) is 10.6. The quantitative estimate of drug-likeness (QED) is 0.678. The molecule has 0 bridgehead atoms. The Morgan fingerprint density at radius 3 is 2.32 bits per heavy atom. The van der Waals surface area contributed by atoms with Gasteiger partial charge in [0.2, 0.25) is 5.91 Å². The Hall–Kier alpha value is -1.92. The minimum absolute atomic E-state index is 0.0254. The topological polar surface area (TPSA) is 78.9 Å². The molecule has 4 atom stereocenters. The monoisotopic (exact) mass is 390 g/mol. The van der Waals surface area contributed by atoms with Crippen molar-refractivity contribution in [2.45, 2.75) is 71.2 Å². The summed E-state index contributed by atoms with van der Waals surface area (Å²) in [5.74, 6) is -0.722. The lowest BCUT2D eigenvalue weighted by Crippen LogP contribution is -2.58. The molecule has 1 aromatic rings. The predicted octanol–water partition coefficient (Wildman–Crippen LogP) is 2.71. The summed E-state index contributed by atoms with van der Waals surface area (Å²) < 4.78 is 5.81. The molecule has 1 amide bonds. The maximum Gasteiger partial charge on any atom is 0.303 e. The number of nitrogens with one attached hydrogen (secondary N) is 1. The number of nitrogens with zero attached hydrogens (tertiary/aromatic N) is 1. The highest BCUT2D eigenvalue weighted by Gasteiger charge is 2.34. The Morgan fingerprint density at radius 1 is 1.18 bits per heavy atom. The molecule has 4 unspecified atom stereocenters. The molecule has 0 radical (unpaired) electrons. The molecule has 1 aliphatic heterocycles. The van der Waals surface area contributed by atoms with Gasteiger partial charge in [-0.1, -0.05) is 44.2 Å². The van der Waals surface area contributed by atoms with Gasteiger partial charge in [0.1, 0.15) is 0 Å². The number of amides is 1. The molecule has 6 heteroatoms. The van der Waals surface area contributed by atoms with Gasteiger partial charge in [0.15, 0.2) is 0 Å². The third-order valence-corrected chi connectivity index (χ3v) is 5.12. The van der Waals surface area contributed by atoms with Crippen molar-refractivity contribution in [2.24, 2.45) is 5.92 Å². The minimum atomic E-state index is -0.844. The number of carbonyl (C=O) groups excluding carboxylic acids is 1. The van der Waals surface area contributed by atoms with Gasteiger partial charge in [-0.15, -0.1) is 0 Å². The molecule has 2 N–H and O–H groups in total. The predicted molar refractivity (Wildman–Crippen MR) is 109 cm³/mol. The highest BCUT2D eigenvalue weighted by molar-refractivity contribution is 5.82. The summed E-state index contributed by atoms with van der Waals surface area (Å²) in [6, 6.07) is 9.41. The van der Waals surface area contributed by atoms with Gasteiger partial charge in [-0.2, -0.15) is 0 Å². The van der Waals surface area contributed by atoms with Crippen LogP contribution in [0.25, 0.3) is 0 Å². The number of carboxylic acid groups (broad SMARTS) is 1. The van der Waals surface area contributed by atoms with Crippen molar-refractivity contribution < 1.29 is 19.4 Å². The van der Waals surface area contributed by atoms with Gasteiger partial charge in [-0.25, -0.2) is 0 Å². The number of benzene rings is 1. The first-order valence-electron chi connectivity index (χ1n) is 10.2. The minimum Gasteiger partial charge on any atom is -0.481 e. The molecule has 28 heavy (non-hydrogen) atoms. The van der Waals surface area contributed by atoms with Gasteiger partial charge in [-0.05, 0) is 38.2 Å². The van der Waals surface area contributed by atoms with Crippen LogP contribution in [0, 0.1) is 5.92 Å². The molecule has 1 aliphatic rings. The molecule has 1 aromatic carbocycles. The molecule has 1 saturated heterocycles. The number of hydrogen-bond donors (Lipinski definition) is 2. The number of carbonyl (C=O) groups is 2. The van der Waals surface area contributed by atoms with E-state index in [-0.39, 0.29) is 42.5 Å². The average Bonchev–Trinajstić information content (AvgIpc) is 2.59. The van der Waals surface area contributed by atoms with E-state index in [1.807, 2.05) is 44.2 Å². The third-order valence-electron chi connectivity index (χ3n) is 5.12. The summed E-state index contributed by atoms with van der Waals surface area (Å²) in [6.07, 6.45) is 1.25. The second-order valence-corrected chi connectivity index (χ2v) is 8.23. The molecular weight excluding hydrogens is 356 g/mol. The number of ether oxygens (including phenoxy) is 1. The first-order chi connectivity index (χ1) is 13.3. The molecule has 0 spiro atoms. The van der Waals surface area contributed by atoms with Gasteiger partial charge in [0, 0.05) is 25.6 Å². The van der Waals surface area contributed by atoms with Crippen LogP contribution in [0.5, 0.6) is 0 Å². The van der Waals surface area contributed by atoms with Crippen LogP contribution in [0.4, 0.5) is 0 Å². The molecule has 0 aromatic heterocycles. The zero-order valence-electron chi connectivity index (χ0n) is 17.4. The lowest BCUT2D eigenvalue weighted by molar-refractivity contribution is -0.139. The number of rotatable bonds is 9. The van der Waals surface area contributed by atoms with Crippen molar-refractivity contribution in [3.8, 4) is 0 Å². The largest absolute Gasteiger partial charge is 0.481 e. The maximum atomic E-state index is 13.2. The van der Waals surface area contributed by atoms with E-state index in [0.29, 0.717) is 12.8 Å². The maximum absolute atomic E-state index is 13.2. The van der Waals surface area contributed by atoms with Crippen LogP contribution >= 0.6 is 0 Å². The summed E-state index contributed by atoms with van der Waals surface area (Å²) in [6.45, 7) is 9.61. The van der Waals surface area contributed by atoms with Crippen LogP contribution in [0.15, 0.2) is 30.3 Å². The highest BCUT2D eigenvalue weighted by atomic mass is 16.5. The molecule has 0 aliphatic carbocycles. The van der Waals surface area contributed by atoms with Gasteiger partial charge in [-0.3, -0.25) is 14.5 Å². The first kappa shape index (κ1) is 22.4. The Bertz CT molecular complexity index is 625. The van der Waals surface area contributed by atoms with Crippen LogP contribution in [-0.4, -0.2) is 59.3 Å². The fourth-order valence-electron chi connectivity index (χ4n) is 4.04. The van der Waals surface area contributed by atoms with E-state index < -0.39 is 5.97 Å². The summed E-state index contributed by atoms with van der Waals surface area (Å²) in [7, 11) is 0. The van der Waals surface area contributed by atoms with Crippen LogP contribution in [-0.2, 0) is 20.7 Å². The summed E-state index contributed by atoms with van der Waals surface area (Å²) in [5.41, 5.74) is 1.09. The van der Waals surface area contributed by atoms with Gasteiger partial charge in [0.25, 0.3) is 0 Å². The van der Waals surface area contributed by atoms with E-state index in [1.54, 1.807) is 0 Å². The standard InChI is InChI=1S/C22H34N2O4/c1-15(2)21(24-13-16(3)28-17(4)14-24)22(27)23-19(10-11-20(25)26)12-18-8-6-5-7-9-18/h5-9,15-17,19,21H,10-14H2,1-4H3,(H,23,27)(H,25,26). The molecule has 2 rings (SSSR count). The zero-order valence-corrected chi connectivity index (χ0v) is 17.4. The van der Waals surface area contributed by atoms with E-state index in [2.05, 4.69) is 24.1 Å². The van der Waals surface area contributed by atoms with Crippen molar-refractivity contribution in [2.75, 3.05) is 13.1 Å². The second-order valence-electron chi connectivity index (χ2n) is 8.23. The fourth-order valence-corrected chi connectivity index (χ4v) is 4.04. The highest BCUT2D eigenvalue weighted by Crippen LogP contribution is 2.19. The number of morpholine rings is 1. The number of carboxylic acids is 1. The van der Waals surface area contributed by atoms with E-state index >= 15 is 0 Å². The van der Waals surface area contributed by atoms with Gasteiger partial charge in [0.05, 0.1) is 18.2 Å². The van der Waals surface area contributed by atoms with Crippen LogP contribution in [0.3, 0.4) is 0 Å². The van der Waals surface area contributed by atoms with Crippen molar-refractivity contribution in [3.63, 3.8) is 0 Å². The molecule has 1 heterocycles. The van der Waals surface area contributed by atoms with E-state index in [4.69, 9.17) is 9.84 Å². The summed E-state index contributed by atoms with van der Waals surface area (Å²) >= 11 is 0. The lowest BCUT2D eigenvalue weighted by atomic mass is 9.97. The molecular formula is C22H34N2O4. The van der Waals surface area contributed by atoms with E-state index in [9.17, 15) is 9.59 Å².